The van der Waals surface area contributed by atoms with E-state index in [1.54, 1.807) is 24.3 Å². The summed E-state index contributed by atoms with van der Waals surface area (Å²) in [6.45, 7) is 0.121. The lowest BCUT2D eigenvalue weighted by Crippen LogP contribution is -2.20. The van der Waals surface area contributed by atoms with Gasteiger partial charge in [0.05, 0.1) is 11.7 Å². The highest BCUT2D eigenvalue weighted by atomic mass is 79.9. The van der Waals surface area contributed by atoms with Crippen molar-refractivity contribution in [3.05, 3.63) is 29.8 Å². The predicted octanol–water partition coefficient (Wildman–Crippen LogP) is 0.920. The molecular formula is C10H12BrNO3. The van der Waals surface area contributed by atoms with Crippen molar-refractivity contribution in [2.75, 3.05) is 11.9 Å². The lowest BCUT2D eigenvalue weighted by molar-refractivity contribution is 0.0985. The first-order valence-corrected chi connectivity index (χ1v) is 5.53. The number of hydrogen-bond acceptors (Lipinski definition) is 3. The van der Waals surface area contributed by atoms with E-state index in [0.29, 0.717) is 16.6 Å². The number of ether oxygens (including phenoxy) is 1. The molecule has 4 nitrogen and oxygen atoms in total. The van der Waals surface area contributed by atoms with Crippen LogP contribution in [-0.2, 0) is 0 Å². The van der Waals surface area contributed by atoms with E-state index in [9.17, 15) is 9.90 Å². The standard InChI is InChI=1S/C10H12BrNO3/c11-5-7(13)6-15-9-4-2-1-3-8(9)10(12)14/h1-4,7,13H,5-6H2,(H2,12,14). The second-order valence-electron chi connectivity index (χ2n) is 2.98. The first-order chi connectivity index (χ1) is 7.15. The van der Waals surface area contributed by atoms with Gasteiger partial charge in [0.15, 0.2) is 0 Å². The molecule has 0 fully saturated rings. The van der Waals surface area contributed by atoms with Crippen molar-refractivity contribution in [1.82, 2.24) is 0 Å². The van der Waals surface area contributed by atoms with Gasteiger partial charge in [-0.15, -0.1) is 0 Å². The largest absolute Gasteiger partial charge is 0.490 e. The van der Waals surface area contributed by atoms with E-state index in [2.05, 4.69) is 15.9 Å². The van der Waals surface area contributed by atoms with Crippen molar-refractivity contribution in [3.63, 3.8) is 0 Å². The molecule has 5 heteroatoms. The topological polar surface area (TPSA) is 72.6 Å². The van der Waals surface area contributed by atoms with Crippen molar-refractivity contribution < 1.29 is 14.6 Å². The summed E-state index contributed by atoms with van der Waals surface area (Å²) in [5, 5.41) is 9.68. The summed E-state index contributed by atoms with van der Waals surface area (Å²) in [7, 11) is 0. The van der Waals surface area contributed by atoms with Crippen LogP contribution in [0.2, 0.25) is 0 Å². The number of alkyl halides is 1. The quantitative estimate of drug-likeness (QED) is 0.784. The summed E-state index contributed by atoms with van der Waals surface area (Å²) in [5.74, 6) is -0.149. The molecule has 3 N–H and O–H groups in total. The highest BCUT2D eigenvalue weighted by molar-refractivity contribution is 9.09. The molecule has 0 aliphatic carbocycles. The number of nitrogens with two attached hydrogens (primary N) is 1. The van der Waals surface area contributed by atoms with E-state index in [1.807, 2.05) is 0 Å². The number of primary amides is 1. The number of benzene rings is 1. The van der Waals surface area contributed by atoms with Crippen LogP contribution in [0.4, 0.5) is 0 Å². The number of amides is 1. The molecule has 1 amide bonds. The van der Waals surface area contributed by atoms with Crippen molar-refractivity contribution in [2.24, 2.45) is 5.73 Å². The minimum Gasteiger partial charge on any atom is -0.490 e. The molecule has 0 aromatic heterocycles. The number of aliphatic hydroxyl groups excluding tert-OH is 1. The lowest BCUT2D eigenvalue weighted by atomic mass is 10.2. The van der Waals surface area contributed by atoms with Gasteiger partial charge in [-0.05, 0) is 12.1 Å². The molecule has 0 heterocycles. The first kappa shape index (κ1) is 12.0. The monoisotopic (exact) mass is 273 g/mol. The number of hydrogen-bond donors (Lipinski definition) is 2. The Morgan fingerprint density at radius 1 is 1.53 bits per heavy atom. The number of aliphatic hydroxyl groups is 1. The van der Waals surface area contributed by atoms with Crippen molar-refractivity contribution in [3.8, 4) is 5.75 Å². The predicted molar refractivity (Wildman–Crippen MR) is 60.3 cm³/mol. The number of carbonyl (C=O) groups excluding carboxylic acids is 1. The lowest BCUT2D eigenvalue weighted by Gasteiger charge is -2.11. The molecule has 1 unspecified atom stereocenters. The fraction of sp³-hybridized carbons (Fsp3) is 0.300. The van der Waals surface area contributed by atoms with Crippen LogP contribution in [0.25, 0.3) is 0 Å². The smallest absolute Gasteiger partial charge is 0.252 e. The van der Waals surface area contributed by atoms with E-state index in [4.69, 9.17) is 10.5 Å². The molecule has 0 saturated carbocycles. The maximum atomic E-state index is 11.0. The molecule has 0 aliphatic rings. The number of halogens is 1. The zero-order chi connectivity index (χ0) is 11.3. The van der Waals surface area contributed by atoms with Crippen LogP contribution < -0.4 is 10.5 Å². The Balaban J connectivity index is 2.72. The molecule has 0 bridgehead atoms. The zero-order valence-electron chi connectivity index (χ0n) is 8.02. The highest BCUT2D eigenvalue weighted by Crippen LogP contribution is 2.17. The molecule has 0 saturated heterocycles. The van der Waals surface area contributed by atoms with Gasteiger partial charge in [0, 0.05) is 5.33 Å². The molecule has 1 aromatic carbocycles. The average Bonchev–Trinajstić information content (AvgIpc) is 2.26. The van der Waals surface area contributed by atoms with Crippen molar-refractivity contribution in [1.29, 1.82) is 0 Å². The van der Waals surface area contributed by atoms with Gasteiger partial charge >= 0.3 is 0 Å². The fourth-order valence-electron chi connectivity index (χ4n) is 1.03. The van der Waals surface area contributed by atoms with Gasteiger partial charge in [-0.3, -0.25) is 4.79 Å². The average molecular weight is 274 g/mol. The Morgan fingerprint density at radius 2 is 2.20 bits per heavy atom. The fourth-order valence-corrected chi connectivity index (χ4v) is 1.21. The Morgan fingerprint density at radius 3 is 2.80 bits per heavy atom. The van der Waals surface area contributed by atoms with Crippen LogP contribution in [-0.4, -0.2) is 29.1 Å². The van der Waals surface area contributed by atoms with Crippen LogP contribution in [0, 0.1) is 0 Å². The molecule has 0 spiro atoms. The van der Waals surface area contributed by atoms with Crippen LogP contribution in [0.3, 0.4) is 0 Å². The summed E-state index contributed by atoms with van der Waals surface area (Å²) in [5.41, 5.74) is 5.48. The Bertz CT molecular complexity index is 343. The molecule has 1 atom stereocenters. The van der Waals surface area contributed by atoms with Gasteiger partial charge in [0.2, 0.25) is 0 Å². The minimum absolute atomic E-state index is 0.121. The van der Waals surface area contributed by atoms with Gasteiger partial charge in [-0.1, -0.05) is 28.1 Å². The van der Waals surface area contributed by atoms with E-state index in [-0.39, 0.29) is 6.61 Å². The van der Waals surface area contributed by atoms with E-state index in [0.717, 1.165) is 0 Å². The summed E-state index contributed by atoms with van der Waals surface area (Å²) < 4.78 is 5.27. The zero-order valence-corrected chi connectivity index (χ0v) is 9.61. The third-order valence-electron chi connectivity index (χ3n) is 1.76. The second-order valence-corrected chi connectivity index (χ2v) is 3.63. The Kier molecular flexibility index (Phi) is 4.58. The normalized spacial score (nSPS) is 12.1. The SMILES string of the molecule is NC(=O)c1ccccc1OCC(O)CBr. The van der Waals surface area contributed by atoms with Gasteiger partial charge in [-0.2, -0.15) is 0 Å². The van der Waals surface area contributed by atoms with E-state index < -0.39 is 12.0 Å². The summed E-state index contributed by atoms with van der Waals surface area (Å²) >= 11 is 3.11. The number of para-hydroxylation sites is 1. The maximum Gasteiger partial charge on any atom is 0.252 e. The molecule has 15 heavy (non-hydrogen) atoms. The van der Waals surface area contributed by atoms with Gasteiger partial charge < -0.3 is 15.6 Å². The third kappa shape index (κ3) is 3.53. The second kappa shape index (κ2) is 5.72. The van der Waals surface area contributed by atoms with Gasteiger partial charge in [0.25, 0.3) is 5.91 Å². The van der Waals surface area contributed by atoms with Crippen LogP contribution in [0.5, 0.6) is 5.75 Å². The molecule has 0 aliphatic heterocycles. The van der Waals surface area contributed by atoms with Crippen LogP contribution in [0.1, 0.15) is 10.4 Å². The van der Waals surface area contributed by atoms with Crippen molar-refractivity contribution >= 4 is 21.8 Å². The third-order valence-corrected chi connectivity index (χ3v) is 2.51. The van der Waals surface area contributed by atoms with Gasteiger partial charge in [0.1, 0.15) is 12.4 Å². The Hall–Kier alpha value is -1.07. The number of carbonyl (C=O) groups is 1. The summed E-state index contributed by atoms with van der Waals surface area (Å²) in [6, 6.07) is 6.66. The number of rotatable bonds is 5. The molecule has 1 aromatic rings. The molecule has 82 valence electrons. The van der Waals surface area contributed by atoms with Gasteiger partial charge in [-0.25, -0.2) is 0 Å². The Labute approximate surface area is 96.2 Å². The molecule has 1 rings (SSSR count). The minimum atomic E-state index is -0.606. The van der Waals surface area contributed by atoms with Crippen LogP contribution >= 0.6 is 15.9 Å². The maximum absolute atomic E-state index is 11.0. The molecule has 0 radical (unpaired) electrons. The van der Waals surface area contributed by atoms with Crippen LogP contribution in [0.15, 0.2) is 24.3 Å². The molecular weight excluding hydrogens is 262 g/mol. The summed E-state index contributed by atoms with van der Waals surface area (Å²) in [6.07, 6.45) is -0.606. The van der Waals surface area contributed by atoms with Crippen molar-refractivity contribution in [2.45, 2.75) is 6.10 Å². The first-order valence-electron chi connectivity index (χ1n) is 4.40. The highest BCUT2D eigenvalue weighted by Gasteiger charge is 2.09. The van der Waals surface area contributed by atoms with E-state index in [1.165, 1.54) is 0 Å². The summed E-state index contributed by atoms with van der Waals surface area (Å²) in [4.78, 5) is 11.0. The van der Waals surface area contributed by atoms with E-state index >= 15 is 0 Å².